The first-order valence-corrected chi connectivity index (χ1v) is 8.31. The molecule has 6 nitrogen and oxygen atoms in total. The molecule has 1 amide bonds. The van der Waals surface area contributed by atoms with Crippen molar-refractivity contribution in [2.75, 3.05) is 14.2 Å². The summed E-state index contributed by atoms with van der Waals surface area (Å²) >= 11 is 0. The van der Waals surface area contributed by atoms with E-state index in [2.05, 4.69) is 10.1 Å². The zero-order valence-corrected chi connectivity index (χ0v) is 15.3. The first-order valence-electron chi connectivity index (χ1n) is 8.31. The fraction of sp³-hybridized carbons (Fsp3) is 0.250. The van der Waals surface area contributed by atoms with Crippen molar-refractivity contribution in [3.63, 3.8) is 0 Å². The molecule has 3 rings (SSSR count). The number of hydrogen-bond donors (Lipinski definition) is 0. The molecular formula is C20H21N3O3. The molecule has 1 unspecified atom stereocenters. The number of rotatable bonds is 5. The number of ether oxygens (including phenoxy) is 1. The lowest BCUT2D eigenvalue weighted by molar-refractivity contribution is 0.0742. The van der Waals surface area contributed by atoms with Crippen molar-refractivity contribution >= 4 is 5.91 Å². The van der Waals surface area contributed by atoms with Crippen molar-refractivity contribution in [2.24, 2.45) is 0 Å². The summed E-state index contributed by atoms with van der Waals surface area (Å²) in [6.45, 7) is 3.76. The Kier molecular flexibility index (Phi) is 5.02. The number of aromatic nitrogens is 2. The third-order valence-corrected chi connectivity index (χ3v) is 4.41. The Hall–Kier alpha value is -3.15. The molecule has 3 aromatic rings. The van der Waals surface area contributed by atoms with Gasteiger partial charge in [0.25, 0.3) is 11.8 Å². The van der Waals surface area contributed by atoms with E-state index in [0.717, 1.165) is 16.9 Å². The number of hydrogen-bond acceptors (Lipinski definition) is 5. The molecule has 1 atom stereocenters. The van der Waals surface area contributed by atoms with Crippen LogP contribution in [0, 0.1) is 6.92 Å². The Balaban J connectivity index is 1.74. The second-order valence-corrected chi connectivity index (χ2v) is 6.09. The Morgan fingerprint density at radius 2 is 1.77 bits per heavy atom. The van der Waals surface area contributed by atoms with E-state index in [-0.39, 0.29) is 11.9 Å². The van der Waals surface area contributed by atoms with Crippen LogP contribution in [0.5, 0.6) is 5.75 Å². The molecule has 1 heterocycles. The van der Waals surface area contributed by atoms with Gasteiger partial charge in [-0.2, -0.15) is 4.98 Å². The van der Waals surface area contributed by atoms with Crippen LogP contribution >= 0.6 is 0 Å². The van der Waals surface area contributed by atoms with Gasteiger partial charge in [0.2, 0.25) is 0 Å². The van der Waals surface area contributed by atoms with Crippen molar-refractivity contribution in [3.8, 4) is 17.2 Å². The maximum absolute atomic E-state index is 12.8. The van der Waals surface area contributed by atoms with Gasteiger partial charge in [-0.25, -0.2) is 0 Å². The lowest BCUT2D eigenvalue weighted by Gasteiger charge is -2.25. The highest BCUT2D eigenvalue weighted by atomic mass is 16.5. The Morgan fingerprint density at radius 1 is 1.12 bits per heavy atom. The summed E-state index contributed by atoms with van der Waals surface area (Å²) in [6, 6.07) is 14.8. The van der Waals surface area contributed by atoms with Gasteiger partial charge in [-0.1, -0.05) is 17.3 Å². The molecule has 0 aliphatic heterocycles. The quantitative estimate of drug-likeness (QED) is 0.697. The molecule has 26 heavy (non-hydrogen) atoms. The average Bonchev–Trinajstić information content (AvgIpc) is 3.13. The molecule has 0 aliphatic rings. The number of benzene rings is 2. The molecular weight excluding hydrogens is 330 g/mol. The number of amides is 1. The number of carbonyl (C=O) groups excluding carboxylic acids is 1. The maximum Gasteiger partial charge on any atom is 0.257 e. The summed E-state index contributed by atoms with van der Waals surface area (Å²) in [5.41, 5.74) is 2.43. The summed E-state index contributed by atoms with van der Waals surface area (Å²) < 4.78 is 10.3. The Labute approximate surface area is 152 Å². The van der Waals surface area contributed by atoms with Crippen LogP contribution in [0.1, 0.15) is 34.7 Å². The van der Waals surface area contributed by atoms with Crippen LogP contribution in [-0.2, 0) is 0 Å². The minimum absolute atomic E-state index is 0.0541. The molecule has 1 aromatic heterocycles. The van der Waals surface area contributed by atoms with E-state index < -0.39 is 0 Å². The molecule has 0 spiro atoms. The highest BCUT2D eigenvalue weighted by molar-refractivity contribution is 5.94. The predicted molar refractivity (Wildman–Crippen MR) is 98.0 cm³/mol. The largest absolute Gasteiger partial charge is 0.497 e. The highest BCUT2D eigenvalue weighted by Gasteiger charge is 2.19. The smallest absolute Gasteiger partial charge is 0.257 e. The van der Waals surface area contributed by atoms with Crippen molar-refractivity contribution in [3.05, 3.63) is 65.5 Å². The van der Waals surface area contributed by atoms with Crippen LogP contribution in [0.3, 0.4) is 0 Å². The summed E-state index contributed by atoms with van der Waals surface area (Å²) in [5, 5.41) is 3.78. The molecule has 0 saturated heterocycles. The molecule has 6 heteroatoms. The minimum Gasteiger partial charge on any atom is -0.497 e. The van der Waals surface area contributed by atoms with Gasteiger partial charge in [0.1, 0.15) is 5.75 Å². The van der Waals surface area contributed by atoms with Gasteiger partial charge in [0.05, 0.1) is 13.2 Å². The topological polar surface area (TPSA) is 68.5 Å². The average molecular weight is 351 g/mol. The fourth-order valence-electron chi connectivity index (χ4n) is 2.66. The van der Waals surface area contributed by atoms with Gasteiger partial charge >= 0.3 is 0 Å². The zero-order valence-electron chi connectivity index (χ0n) is 15.3. The highest BCUT2D eigenvalue weighted by Crippen LogP contribution is 2.24. The van der Waals surface area contributed by atoms with Crippen molar-refractivity contribution in [1.82, 2.24) is 15.0 Å². The van der Waals surface area contributed by atoms with E-state index in [4.69, 9.17) is 9.26 Å². The van der Waals surface area contributed by atoms with E-state index in [0.29, 0.717) is 17.3 Å². The Bertz CT molecular complexity index is 885. The monoisotopic (exact) mass is 351 g/mol. The van der Waals surface area contributed by atoms with Gasteiger partial charge in [-0.3, -0.25) is 4.79 Å². The first-order chi connectivity index (χ1) is 12.5. The van der Waals surface area contributed by atoms with Crippen LogP contribution in [-0.4, -0.2) is 35.1 Å². The van der Waals surface area contributed by atoms with E-state index in [1.807, 2.05) is 43.3 Å². The van der Waals surface area contributed by atoms with Gasteiger partial charge in [-0.15, -0.1) is 0 Å². The second-order valence-electron chi connectivity index (χ2n) is 6.09. The zero-order chi connectivity index (χ0) is 18.7. The molecule has 2 aromatic carbocycles. The third-order valence-electron chi connectivity index (χ3n) is 4.41. The normalized spacial score (nSPS) is 11.8. The number of methoxy groups -OCH3 is 1. The molecule has 0 saturated carbocycles. The van der Waals surface area contributed by atoms with Gasteiger partial charge in [0.15, 0.2) is 5.82 Å². The standard InChI is InChI=1S/C20H21N3O3/c1-13(15-9-11-18(25-4)12-10-15)23(3)20(24)17-7-5-16(6-8-17)19-21-14(2)22-26-19/h5-13H,1-4H3. The molecule has 0 radical (unpaired) electrons. The van der Waals surface area contributed by atoms with Gasteiger partial charge < -0.3 is 14.2 Å². The third kappa shape index (κ3) is 3.59. The SMILES string of the molecule is COc1ccc(C(C)N(C)C(=O)c2ccc(-c3nc(C)no3)cc2)cc1. The summed E-state index contributed by atoms with van der Waals surface area (Å²) in [6.07, 6.45) is 0. The fourth-order valence-corrected chi connectivity index (χ4v) is 2.66. The van der Waals surface area contributed by atoms with E-state index in [1.165, 1.54) is 0 Å². The van der Waals surface area contributed by atoms with Crippen molar-refractivity contribution in [2.45, 2.75) is 19.9 Å². The summed E-state index contributed by atoms with van der Waals surface area (Å²) in [7, 11) is 3.43. The predicted octanol–water partition coefficient (Wildman–Crippen LogP) is 3.89. The lowest BCUT2D eigenvalue weighted by atomic mass is 10.1. The number of carbonyl (C=O) groups is 1. The summed E-state index contributed by atoms with van der Waals surface area (Å²) in [4.78, 5) is 18.7. The van der Waals surface area contributed by atoms with E-state index in [9.17, 15) is 4.79 Å². The van der Waals surface area contributed by atoms with Crippen LogP contribution in [0.25, 0.3) is 11.5 Å². The van der Waals surface area contributed by atoms with Crippen molar-refractivity contribution < 1.29 is 14.1 Å². The van der Waals surface area contributed by atoms with Crippen LogP contribution < -0.4 is 4.74 Å². The van der Waals surface area contributed by atoms with Gasteiger partial charge in [0, 0.05) is 18.2 Å². The molecule has 0 bridgehead atoms. The lowest BCUT2D eigenvalue weighted by Crippen LogP contribution is -2.29. The molecule has 0 N–H and O–H groups in total. The number of nitrogens with zero attached hydrogens (tertiary/aromatic N) is 3. The first kappa shape index (κ1) is 17.7. The minimum atomic E-state index is -0.0633. The van der Waals surface area contributed by atoms with E-state index in [1.54, 1.807) is 38.1 Å². The summed E-state index contributed by atoms with van der Waals surface area (Å²) in [5.74, 6) is 1.76. The maximum atomic E-state index is 12.8. The van der Waals surface area contributed by atoms with Gasteiger partial charge in [-0.05, 0) is 55.8 Å². The molecule has 0 fully saturated rings. The Morgan fingerprint density at radius 3 is 2.31 bits per heavy atom. The van der Waals surface area contributed by atoms with Crippen molar-refractivity contribution in [1.29, 1.82) is 0 Å². The second kappa shape index (κ2) is 7.39. The van der Waals surface area contributed by atoms with Crippen LogP contribution in [0.2, 0.25) is 0 Å². The van der Waals surface area contributed by atoms with Crippen LogP contribution in [0.4, 0.5) is 0 Å². The molecule has 0 aliphatic carbocycles. The number of aryl methyl sites for hydroxylation is 1. The molecule has 134 valence electrons. The van der Waals surface area contributed by atoms with E-state index >= 15 is 0 Å². The van der Waals surface area contributed by atoms with Crippen LogP contribution in [0.15, 0.2) is 53.1 Å².